The number of nitrogens with one attached hydrogen (secondary N) is 1. The maximum Gasteiger partial charge on any atom is 0.258 e. The average molecular weight is 460 g/mol. The van der Waals surface area contributed by atoms with Gasteiger partial charge in [0.2, 0.25) is 0 Å². The topological polar surface area (TPSA) is 74.6 Å². The molecule has 0 atom stereocenters. The fourth-order valence-electron chi connectivity index (χ4n) is 3.66. The number of hydrogen-bond donors (Lipinski definition) is 1. The first kappa shape index (κ1) is 23.2. The number of rotatable bonds is 12. The molecule has 0 radical (unpaired) electrons. The molecule has 1 N–H and O–H groups in total. The van der Waals surface area contributed by atoms with Crippen molar-refractivity contribution in [2.45, 2.75) is 25.9 Å². The Morgan fingerprint density at radius 2 is 1.65 bits per heavy atom. The molecule has 0 spiro atoms. The van der Waals surface area contributed by atoms with Gasteiger partial charge in [0, 0.05) is 12.6 Å². The normalized spacial score (nSPS) is 10.7. The zero-order valence-corrected chi connectivity index (χ0v) is 19.3. The van der Waals surface area contributed by atoms with Gasteiger partial charge in [0.1, 0.15) is 23.1 Å². The Morgan fingerprint density at radius 3 is 2.50 bits per heavy atom. The van der Waals surface area contributed by atoms with Crippen LogP contribution in [0.1, 0.15) is 18.7 Å². The second kappa shape index (κ2) is 11.7. The predicted octanol–water partition coefficient (Wildman–Crippen LogP) is 4.60. The van der Waals surface area contributed by atoms with Gasteiger partial charge in [-0.3, -0.25) is 4.79 Å². The smallest absolute Gasteiger partial charge is 0.258 e. The maximum atomic E-state index is 12.3. The molecule has 1 amide bonds. The number of benzene rings is 3. The van der Waals surface area contributed by atoms with Crippen LogP contribution in [0.25, 0.3) is 11.0 Å². The minimum atomic E-state index is -0.186. The summed E-state index contributed by atoms with van der Waals surface area (Å²) >= 11 is 0. The molecule has 0 aliphatic heterocycles. The molecular weight excluding hydrogens is 430 g/mol. The standard InChI is InChI=1S/C27H29N3O4/c1-32-22-12-9-13-23(18-22)33-17-8-7-16-30-25-15-6-5-14-24(25)29-26(30)19-28-27(31)20-34-21-10-3-2-4-11-21/h2-6,9-15,18H,7-8,16-17,19-20H2,1H3,(H,28,31). The number of carbonyl (C=O) groups is 1. The van der Waals surface area contributed by atoms with Crippen molar-refractivity contribution in [1.82, 2.24) is 14.9 Å². The quantitative estimate of drug-likeness (QED) is 0.314. The molecule has 0 unspecified atom stereocenters. The lowest BCUT2D eigenvalue weighted by Crippen LogP contribution is -2.29. The van der Waals surface area contributed by atoms with Crippen molar-refractivity contribution in [1.29, 1.82) is 0 Å². The first-order valence-corrected chi connectivity index (χ1v) is 11.4. The van der Waals surface area contributed by atoms with Gasteiger partial charge in [-0.25, -0.2) is 4.98 Å². The molecule has 0 saturated heterocycles. The van der Waals surface area contributed by atoms with Crippen molar-refractivity contribution in [3.63, 3.8) is 0 Å². The van der Waals surface area contributed by atoms with Crippen LogP contribution in [-0.2, 0) is 17.9 Å². The number of aromatic nitrogens is 2. The lowest BCUT2D eigenvalue weighted by Gasteiger charge is -2.11. The summed E-state index contributed by atoms with van der Waals surface area (Å²) in [6, 6.07) is 24.9. The number of ether oxygens (including phenoxy) is 3. The van der Waals surface area contributed by atoms with Crippen LogP contribution in [0.2, 0.25) is 0 Å². The van der Waals surface area contributed by atoms with Crippen LogP contribution in [0.5, 0.6) is 17.2 Å². The molecular formula is C27H29N3O4. The zero-order valence-electron chi connectivity index (χ0n) is 19.3. The fourth-order valence-corrected chi connectivity index (χ4v) is 3.66. The summed E-state index contributed by atoms with van der Waals surface area (Å²) < 4.78 is 18.8. The van der Waals surface area contributed by atoms with E-state index in [9.17, 15) is 4.79 Å². The van der Waals surface area contributed by atoms with Crippen molar-refractivity contribution in [3.05, 3.63) is 84.7 Å². The van der Waals surface area contributed by atoms with Gasteiger partial charge in [0.15, 0.2) is 6.61 Å². The van der Waals surface area contributed by atoms with Crippen LogP contribution in [0.3, 0.4) is 0 Å². The summed E-state index contributed by atoms with van der Waals surface area (Å²) in [6.45, 7) is 1.70. The number of para-hydroxylation sites is 3. The highest BCUT2D eigenvalue weighted by Gasteiger charge is 2.12. The average Bonchev–Trinajstić information content (AvgIpc) is 3.24. The van der Waals surface area contributed by atoms with Crippen LogP contribution in [0, 0.1) is 0 Å². The molecule has 3 aromatic carbocycles. The van der Waals surface area contributed by atoms with Crippen LogP contribution < -0.4 is 19.5 Å². The number of hydrogen-bond acceptors (Lipinski definition) is 5. The van der Waals surface area contributed by atoms with Crippen LogP contribution in [0.4, 0.5) is 0 Å². The second-order valence-corrected chi connectivity index (χ2v) is 7.78. The summed E-state index contributed by atoms with van der Waals surface area (Å²) in [5, 5.41) is 2.92. The summed E-state index contributed by atoms with van der Waals surface area (Å²) in [4.78, 5) is 17.0. The third-order valence-electron chi connectivity index (χ3n) is 5.38. The second-order valence-electron chi connectivity index (χ2n) is 7.78. The van der Waals surface area contributed by atoms with E-state index in [0.717, 1.165) is 47.7 Å². The van der Waals surface area contributed by atoms with Crippen molar-refractivity contribution in [2.75, 3.05) is 20.3 Å². The SMILES string of the molecule is COc1cccc(OCCCCn2c(CNC(=O)COc3ccccc3)nc3ccccc32)c1. The van der Waals surface area contributed by atoms with Crippen molar-refractivity contribution in [2.24, 2.45) is 0 Å². The molecule has 0 aliphatic carbocycles. The van der Waals surface area contributed by atoms with Gasteiger partial charge < -0.3 is 24.1 Å². The molecule has 176 valence electrons. The Kier molecular flexibility index (Phi) is 8.00. The van der Waals surface area contributed by atoms with E-state index in [1.807, 2.05) is 72.8 Å². The Labute approximate surface area is 199 Å². The van der Waals surface area contributed by atoms with Crippen LogP contribution in [-0.4, -0.2) is 35.8 Å². The van der Waals surface area contributed by atoms with E-state index in [4.69, 9.17) is 19.2 Å². The highest BCUT2D eigenvalue weighted by Crippen LogP contribution is 2.20. The minimum absolute atomic E-state index is 0.0359. The highest BCUT2D eigenvalue weighted by atomic mass is 16.5. The molecule has 4 aromatic rings. The molecule has 0 saturated carbocycles. The first-order valence-electron chi connectivity index (χ1n) is 11.4. The third kappa shape index (κ3) is 6.28. The van der Waals surface area contributed by atoms with Crippen LogP contribution >= 0.6 is 0 Å². The number of amides is 1. The molecule has 0 bridgehead atoms. The van der Waals surface area contributed by atoms with Gasteiger partial charge >= 0.3 is 0 Å². The van der Waals surface area contributed by atoms with Gasteiger partial charge in [0.05, 0.1) is 31.3 Å². The Hall–Kier alpha value is -4.00. The largest absolute Gasteiger partial charge is 0.497 e. The number of nitrogens with zero attached hydrogens (tertiary/aromatic N) is 2. The molecule has 0 aliphatic rings. The monoisotopic (exact) mass is 459 g/mol. The Morgan fingerprint density at radius 1 is 0.882 bits per heavy atom. The predicted molar refractivity (Wildman–Crippen MR) is 131 cm³/mol. The van der Waals surface area contributed by atoms with E-state index in [2.05, 4.69) is 16.0 Å². The first-order chi connectivity index (χ1) is 16.7. The van der Waals surface area contributed by atoms with E-state index < -0.39 is 0 Å². The van der Waals surface area contributed by atoms with E-state index in [1.165, 1.54) is 0 Å². The van der Waals surface area contributed by atoms with Crippen LogP contribution in [0.15, 0.2) is 78.9 Å². The molecule has 7 nitrogen and oxygen atoms in total. The lowest BCUT2D eigenvalue weighted by molar-refractivity contribution is -0.123. The molecule has 4 rings (SSSR count). The highest BCUT2D eigenvalue weighted by molar-refractivity contribution is 5.78. The maximum absolute atomic E-state index is 12.3. The number of fused-ring (bicyclic) bond motifs is 1. The Bertz CT molecular complexity index is 1210. The van der Waals surface area contributed by atoms with Gasteiger partial charge in [-0.15, -0.1) is 0 Å². The molecule has 0 fully saturated rings. The third-order valence-corrected chi connectivity index (χ3v) is 5.38. The zero-order chi connectivity index (χ0) is 23.6. The molecule has 7 heteroatoms. The van der Waals surface area contributed by atoms with Gasteiger partial charge in [-0.2, -0.15) is 0 Å². The summed E-state index contributed by atoms with van der Waals surface area (Å²) in [6.07, 6.45) is 1.81. The summed E-state index contributed by atoms with van der Waals surface area (Å²) in [5.41, 5.74) is 1.97. The van der Waals surface area contributed by atoms with E-state index >= 15 is 0 Å². The summed E-state index contributed by atoms with van der Waals surface area (Å²) in [7, 11) is 1.64. The van der Waals surface area contributed by atoms with Crippen molar-refractivity contribution < 1.29 is 19.0 Å². The van der Waals surface area contributed by atoms with E-state index in [-0.39, 0.29) is 12.5 Å². The van der Waals surface area contributed by atoms with Crippen molar-refractivity contribution in [3.8, 4) is 17.2 Å². The van der Waals surface area contributed by atoms with Gasteiger partial charge in [-0.1, -0.05) is 36.4 Å². The van der Waals surface area contributed by atoms with Gasteiger partial charge in [-0.05, 0) is 49.2 Å². The number of carbonyl (C=O) groups excluding carboxylic acids is 1. The summed E-state index contributed by atoms with van der Waals surface area (Å²) in [5.74, 6) is 2.88. The van der Waals surface area contributed by atoms with Gasteiger partial charge in [0.25, 0.3) is 5.91 Å². The fraction of sp³-hybridized carbons (Fsp3) is 0.259. The number of methoxy groups -OCH3 is 1. The molecule has 1 heterocycles. The molecule has 34 heavy (non-hydrogen) atoms. The number of imidazole rings is 1. The Balaban J connectivity index is 1.30. The lowest BCUT2D eigenvalue weighted by atomic mass is 10.3. The minimum Gasteiger partial charge on any atom is -0.497 e. The number of aryl methyl sites for hydroxylation is 1. The van der Waals surface area contributed by atoms with E-state index in [1.54, 1.807) is 7.11 Å². The number of unbranched alkanes of at least 4 members (excludes halogenated alkanes) is 1. The van der Waals surface area contributed by atoms with Crippen molar-refractivity contribution >= 4 is 16.9 Å². The molecule has 1 aromatic heterocycles. The van der Waals surface area contributed by atoms with E-state index in [0.29, 0.717) is 18.9 Å².